The molecule has 5 heteroatoms. The number of amides is 2. The van der Waals surface area contributed by atoms with E-state index in [9.17, 15) is 14.0 Å². The van der Waals surface area contributed by atoms with Gasteiger partial charge in [-0.3, -0.25) is 9.59 Å². The molecule has 0 heterocycles. The van der Waals surface area contributed by atoms with Gasteiger partial charge in [0.1, 0.15) is 5.82 Å². The van der Waals surface area contributed by atoms with E-state index in [2.05, 4.69) is 5.32 Å². The van der Waals surface area contributed by atoms with Crippen molar-refractivity contribution in [3.8, 4) is 0 Å². The van der Waals surface area contributed by atoms with E-state index in [1.54, 1.807) is 23.1 Å². The molecule has 0 atom stereocenters. The molecule has 1 N–H and O–H groups in total. The molecule has 0 fully saturated rings. The third-order valence-electron chi connectivity index (χ3n) is 3.16. The maximum atomic E-state index is 13.4. The van der Waals surface area contributed by atoms with Crippen LogP contribution in [0.5, 0.6) is 0 Å². The maximum Gasteiger partial charge on any atom is 0.224 e. The van der Waals surface area contributed by atoms with Crippen LogP contribution in [-0.2, 0) is 16.0 Å². The normalized spacial score (nSPS) is 11.1. The Kier molecular flexibility index (Phi) is 5.88. The lowest BCUT2D eigenvalue weighted by molar-refractivity contribution is -0.134. The predicted octanol–water partition coefficient (Wildman–Crippen LogP) is 2.13. The van der Waals surface area contributed by atoms with Crippen LogP contribution >= 0.6 is 0 Å². The Labute approximate surface area is 125 Å². The molecule has 1 aromatic carbocycles. The molecule has 0 unspecified atom stereocenters. The molecule has 1 aromatic rings. The Bertz CT molecular complexity index is 509. The highest BCUT2D eigenvalue weighted by Gasteiger charge is 2.23. The second-order valence-electron chi connectivity index (χ2n) is 5.96. The summed E-state index contributed by atoms with van der Waals surface area (Å²) in [5, 5.41) is 2.72. The van der Waals surface area contributed by atoms with Crippen molar-refractivity contribution < 1.29 is 14.0 Å². The van der Waals surface area contributed by atoms with Crippen molar-refractivity contribution in [1.29, 1.82) is 0 Å². The van der Waals surface area contributed by atoms with Crippen molar-refractivity contribution >= 4 is 11.8 Å². The Hall–Kier alpha value is -1.91. The Morgan fingerprint density at radius 2 is 1.86 bits per heavy atom. The summed E-state index contributed by atoms with van der Waals surface area (Å²) in [5.74, 6) is -0.670. The minimum absolute atomic E-state index is 0.00224. The summed E-state index contributed by atoms with van der Waals surface area (Å²) in [4.78, 5) is 25.0. The number of nitrogens with zero attached hydrogens (tertiary/aromatic N) is 1. The number of carbonyl (C=O) groups excluding carboxylic acids is 2. The maximum absolute atomic E-state index is 13.4. The molecule has 0 bridgehead atoms. The molecule has 0 radical (unpaired) electrons. The van der Waals surface area contributed by atoms with Crippen molar-refractivity contribution in [2.75, 3.05) is 13.1 Å². The first kappa shape index (κ1) is 17.1. The van der Waals surface area contributed by atoms with Crippen LogP contribution in [0.3, 0.4) is 0 Å². The second-order valence-corrected chi connectivity index (χ2v) is 5.96. The van der Waals surface area contributed by atoms with Gasteiger partial charge >= 0.3 is 0 Å². The third-order valence-corrected chi connectivity index (χ3v) is 3.16. The summed E-state index contributed by atoms with van der Waals surface area (Å²) in [6, 6.07) is 6.21. The largest absolute Gasteiger partial charge is 0.354 e. The number of benzene rings is 1. The smallest absolute Gasteiger partial charge is 0.224 e. The Morgan fingerprint density at radius 1 is 1.24 bits per heavy atom. The van der Waals surface area contributed by atoms with Crippen LogP contribution in [0.1, 0.15) is 33.3 Å². The van der Waals surface area contributed by atoms with Crippen molar-refractivity contribution in [2.45, 2.75) is 39.7 Å². The Balaban J connectivity index is 2.47. The summed E-state index contributed by atoms with van der Waals surface area (Å²) in [7, 11) is 0. The SMILES string of the molecule is CC(=O)N(CCNC(=O)Cc1ccccc1F)C(C)(C)C. The number of hydrogen-bond donors (Lipinski definition) is 1. The van der Waals surface area contributed by atoms with Crippen LogP contribution in [0.25, 0.3) is 0 Å². The fourth-order valence-electron chi connectivity index (χ4n) is 2.15. The van der Waals surface area contributed by atoms with E-state index in [1.807, 2.05) is 20.8 Å². The van der Waals surface area contributed by atoms with Gasteiger partial charge in [0.15, 0.2) is 0 Å². The van der Waals surface area contributed by atoms with E-state index in [0.717, 1.165) is 0 Å². The molecular weight excluding hydrogens is 271 g/mol. The second kappa shape index (κ2) is 7.20. The Morgan fingerprint density at radius 3 is 2.38 bits per heavy atom. The molecule has 0 spiro atoms. The number of hydrogen-bond acceptors (Lipinski definition) is 2. The van der Waals surface area contributed by atoms with Gasteiger partial charge in [-0.2, -0.15) is 0 Å². The zero-order valence-corrected chi connectivity index (χ0v) is 13.1. The van der Waals surface area contributed by atoms with Crippen molar-refractivity contribution in [3.05, 3.63) is 35.6 Å². The minimum atomic E-state index is -0.382. The van der Waals surface area contributed by atoms with Gasteiger partial charge < -0.3 is 10.2 Å². The number of nitrogens with one attached hydrogen (secondary N) is 1. The van der Waals surface area contributed by atoms with Gasteiger partial charge in [-0.1, -0.05) is 18.2 Å². The van der Waals surface area contributed by atoms with Gasteiger partial charge in [0.2, 0.25) is 11.8 Å². The first-order valence-electron chi connectivity index (χ1n) is 7.00. The van der Waals surface area contributed by atoms with E-state index in [4.69, 9.17) is 0 Å². The van der Waals surface area contributed by atoms with Crippen molar-refractivity contribution in [1.82, 2.24) is 10.2 Å². The fourth-order valence-corrected chi connectivity index (χ4v) is 2.15. The highest BCUT2D eigenvalue weighted by Crippen LogP contribution is 2.12. The first-order valence-corrected chi connectivity index (χ1v) is 7.00. The summed E-state index contributed by atoms with van der Waals surface area (Å²) >= 11 is 0. The molecule has 1 rings (SSSR count). The average molecular weight is 294 g/mol. The van der Waals surface area contributed by atoms with Crippen LogP contribution < -0.4 is 5.32 Å². The standard InChI is InChI=1S/C16H23FN2O2/c1-12(20)19(16(2,3)4)10-9-18-15(21)11-13-7-5-6-8-14(13)17/h5-8H,9-11H2,1-4H3,(H,18,21). The van der Waals surface area contributed by atoms with E-state index in [0.29, 0.717) is 18.7 Å². The zero-order chi connectivity index (χ0) is 16.0. The van der Waals surface area contributed by atoms with Crippen LogP contribution in [0.15, 0.2) is 24.3 Å². The third kappa shape index (κ3) is 5.53. The monoisotopic (exact) mass is 294 g/mol. The highest BCUT2D eigenvalue weighted by atomic mass is 19.1. The lowest BCUT2D eigenvalue weighted by Gasteiger charge is -2.35. The number of rotatable bonds is 5. The molecule has 21 heavy (non-hydrogen) atoms. The molecule has 0 aliphatic heterocycles. The van der Waals surface area contributed by atoms with E-state index in [1.165, 1.54) is 13.0 Å². The molecular formula is C16H23FN2O2. The zero-order valence-electron chi connectivity index (χ0n) is 13.1. The van der Waals surface area contributed by atoms with E-state index >= 15 is 0 Å². The van der Waals surface area contributed by atoms with Gasteiger partial charge in [0, 0.05) is 25.6 Å². The molecule has 4 nitrogen and oxygen atoms in total. The van der Waals surface area contributed by atoms with Gasteiger partial charge in [-0.05, 0) is 32.4 Å². The minimum Gasteiger partial charge on any atom is -0.354 e. The predicted molar refractivity (Wildman–Crippen MR) is 80.3 cm³/mol. The molecule has 0 aromatic heterocycles. The van der Waals surface area contributed by atoms with Crippen LogP contribution in [0, 0.1) is 5.82 Å². The molecule has 116 valence electrons. The topological polar surface area (TPSA) is 49.4 Å². The van der Waals surface area contributed by atoms with Gasteiger partial charge in [-0.15, -0.1) is 0 Å². The molecule has 0 aliphatic rings. The summed E-state index contributed by atoms with van der Waals surface area (Å²) in [6.45, 7) is 8.11. The van der Waals surface area contributed by atoms with Crippen LogP contribution in [0.4, 0.5) is 4.39 Å². The fraction of sp³-hybridized carbons (Fsp3) is 0.500. The van der Waals surface area contributed by atoms with Gasteiger partial charge in [-0.25, -0.2) is 4.39 Å². The lowest BCUT2D eigenvalue weighted by atomic mass is 10.1. The summed E-state index contributed by atoms with van der Waals surface area (Å²) in [5.41, 5.74) is 0.0801. The van der Waals surface area contributed by atoms with Crippen molar-refractivity contribution in [2.24, 2.45) is 0 Å². The van der Waals surface area contributed by atoms with Crippen LogP contribution in [-0.4, -0.2) is 35.3 Å². The van der Waals surface area contributed by atoms with Gasteiger partial charge in [0.25, 0.3) is 0 Å². The summed E-state index contributed by atoms with van der Waals surface area (Å²) < 4.78 is 13.4. The first-order chi connectivity index (χ1) is 9.71. The van der Waals surface area contributed by atoms with E-state index in [-0.39, 0.29) is 29.6 Å². The molecule has 0 aliphatic carbocycles. The number of carbonyl (C=O) groups is 2. The van der Waals surface area contributed by atoms with E-state index < -0.39 is 0 Å². The lowest BCUT2D eigenvalue weighted by Crippen LogP contribution is -2.48. The summed E-state index contributed by atoms with van der Waals surface area (Å²) in [6.07, 6.45) is 0.00224. The quantitative estimate of drug-likeness (QED) is 0.904. The van der Waals surface area contributed by atoms with Gasteiger partial charge in [0.05, 0.1) is 6.42 Å². The average Bonchev–Trinajstić information content (AvgIpc) is 2.35. The molecule has 0 saturated carbocycles. The van der Waals surface area contributed by atoms with Crippen molar-refractivity contribution in [3.63, 3.8) is 0 Å². The molecule has 2 amide bonds. The molecule has 0 saturated heterocycles. The van der Waals surface area contributed by atoms with Crippen LogP contribution in [0.2, 0.25) is 0 Å². The number of halogens is 1. The highest BCUT2D eigenvalue weighted by molar-refractivity contribution is 5.78.